The normalized spacial score (nSPS) is 26.0. The number of rotatable bonds is 4. The van der Waals surface area contributed by atoms with Crippen molar-refractivity contribution in [2.75, 3.05) is 45.8 Å². The third-order valence-corrected chi connectivity index (χ3v) is 5.19. The number of hydrogen-bond acceptors (Lipinski definition) is 3. The van der Waals surface area contributed by atoms with Crippen LogP contribution in [0.25, 0.3) is 0 Å². The van der Waals surface area contributed by atoms with E-state index in [1.54, 1.807) is 0 Å². The SMILES string of the molecule is CCN1CCC(CN2CCNCC2c2ccccc2)CC1. The van der Waals surface area contributed by atoms with Crippen LogP contribution in [-0.4, -0.2) is 55.6 Å². The van der Waals surface area contributed by atoms with E-state index in [0.717, 1.165) is 19.0 Å². The van der Waals surface area contributed by atoms with Crippen molar-refractivity contribution in [2.24, 2.45) is 5.92 Å². The molecule has 2 fully saturated rings. The molecule has 0 amide bonds. The van der Waals surface area contributed by atoms with Gasteiger partial charge in [-0.15, -0.1) is 0 Å². The van der Waals surface area contributed by atoms with E-state index < -0.39 is 0 Å². The zero-order valence-electron chi connectivity index (χ0n) is 13.3. The van der Waals surface area contributed by atoms with E-state index in [0.29, 0.717) is 6.04 Å². The molecule has 116 valence electrons. The lowest BCUT2D eigenvalue weighted by Gasteiger charge is -2.40. The summed E-state index contributed by atoms with van der Waals surface area (Å²) in [5.74, 6) is 0.886. The smallest absolute Gasteiger partial charge is 0.0473 e. The van der Waals surface area contributed by atoms with Crippen LogP contribution in [0.3, 0.4) is 0 Å². The van der Waals surface area contributed by atoms with Crippen LogP contribution in [-0.2, 0) is 0 Å². The van der Waals surface area contributed by atoms with Crippen LogP contribution in [0.2, 0.25) is 0 Å². The highest BCUT2D eigenvalue weighted by molar-refractivity contribution is 5.20. The topological polar surface area (TPSA) is 18.5 Å². The summed E-state index contributed by atoms with van der Waals surface area (Å²) in [7, 11) is 0. The molecule has 1 aromatic rings. The van der Waals surface area contributed by atoms with Crippen molar-refractivity contribution in [2.45, 2.75) is 25.8 Å². The third kappa shape index (κ3) is 3.85. The maximum Gasteiger partial charge on any atom is 0.0473 e. The summed E-state index contributed by atoms with van der Waals surface area (Å²) in [6.45, 7) is 10.8. The Kier molecular flexibility index (Phi) is 5.28. The van der Waals surface area contributed by atoms with Crippen molar-refractivity contribution in [3.05, 3.63) is 35.9 Å². The molecule has 1 aromatic carbocycles. The van der Waals surface area contributed by atoms with Gasteiger partial charge in [-0.3, -0.25) is 4.90 Å². The van der Waals surface area contributed by atoms with Crippen LogP contribution in [0.15, 0.2) is 30.3 Å². The van der Waals surface area contributed by atoms with Gasteiger partial charge in [0, 0.05) is 32.2 Å². The molecule has 0 bridgehead atoms. The van der Waals surface area contributed by atoms with E-state index in [2.05, 4.69) is 52.4 Å². The van der Waals surface area contributed by atoms with Gasteiger partial charge in [0.25, 0.3) is 0 Å². The van der Waals surface area contributed by atoms with Crippen LogP contribution in [0, 0.1) is 5.92 Å². The summed E-state index contributed by atoms with van der Waals surface area (Å²) >= 11 is 0. The molecular formula is C18H29N3. The van der Waals surface area contributed by atoms with Gasteiger partial charge in [0.05, 0.1) is 0 Å². The number of piperazine rings is 1. The number of piperidine rings is 1. The Labute approximate surface area is 129 Å². The summed E-state index contributed by atoms with van der Waals surface area (Å²) in [5, 5.41) is 3.57. The summed E-state index contributed by atoms with van der Waals surface area (Å²) in [6.07, 6.45) is 2.75. The van der Waals surface area contributed by atoms with Crippen LogP contribution in [0.4, 0.5) is 0 Å². The largest absolute Gasteiger partial charge is 0.314 e. The van der Waals surface area contributed by atoms with Gasteiger partial charge >= 0.3 is 0 Å². The lowest BCUT2D eigenvalue weighted by atomic mass is 9.94. The molecule has 3 heteroatoms. The van der Waals surface area contributed by atoms with Gasteiger partial charge in [0.1, 0.15) is 0 Å². The quantitative estimate of drug-likeness (QED) is 0.917. The van der Waals surface area contributed by atoms with Gasteiger partial charge in [0.2, 0.25) is 0 Å². The second kappa shape index (κ2) is 7.39. The molecule has 2 saturated heterocycles. The molecule has 2 heterocycles. The number of benzene rings is 1. The van der Waals surface area contributed by atoms with Gasteiger partial charge < -0.3 is 10.2 Å². The van der Waals surface area contributed by atoms with Crippen molar-refractivity contribution in [1.29, 1.82) is 0 Å². The number of likely N-dealkylation sites (tertiary alicyclic amines) is 1. The van der Waals surface area contributed by atoms with E-state index in [4.69, 9.17) is 0 Å². The summed E-state index contributed by atoms with van der Waals surface area (Å²) in [5.41, 5.74) is 1.47. The van der Waals surface area contributed by atoms with Gasteiger partial charge in [-0.2, -0.15) is 0 Å². The van der Waals surface area contributed by atoms with Crippen molar-refractivity contribution >= 4 is 0 Å². The maximum absolute atomic E-state index is 3.57. The second-order valence-electron chi connectivity index (χ2n) is 6.50. The predicted octanol–water partition coefficient (Wildman–Crippen LogP) is 2.36. The fourth-order valence-corrected chi connectivity index (χ4v) is 3.79. The van der Waals surface area contributed by atoms with Crippen LogP contribution >= 0.6 is 0 Å². The minimum absolute atomic E-state index is 0.559. The molecule has 2 aliphatic rings. The number of nitrogens with one attached hydrogen (secondary N) is 1. The summed E-state index contributed by atoms with van der Waals surface area (Å²) < 4.78 is 0. The first kappa shape index (κ1) is 15.0. The van der Waals surface area contributed by atoms with Crippen molar-refractivity contribution in [3.8, 4) is 0 Å². The maximum atomic E-state index is 3.57. The number of nitrogens with zero attached hydrogens (tertiary/aromatic N) is 2. The molecule has 1 atom stereocenters. The zero-order valence-corrected chi connectivity index (χ0v) is 13.3. The van der Waals surface area contributed by atoms with Gasteiger partial charge in [-0.1, -0.05) is 37.3 Å². The van der Waals surface area contributed by atoms with E-state index in [-0.39, 0.29) is 0 Å². The Morgan fingerprint density at radius 2 is 1.86 bits per heavy atom. The minimum atomic E-state index is 0.559. The first-order valence-corrected chi connectivity index (χ1v) is 8.59. The van der Waals surface area contributed by atoms with Crippen molar-refractivity contribution in [3.63, 3.8) is 0 Å². The highest BCUT2D eigenvalue weighted by Crippen LogP contribution is 2.26. The number of hydrogen-bond donors (Lipinski definition) is 1. The molecule has 0 radical (unpaired) electrons. The van der Waals surface area contributed by atoms with E-state index >= 15 is 0 Å². The van der Waals surface area contributed by atoms with Crippen molar-refractivity contribution < 1.29 is 0 Å². The minimum Gasteiger partial charge on any atom is -0.314 e. The van der Waals surface area contributed by atoms with E-state index in [9.17, 15) is 0 Å². The molecule has 3 nitrogen and oxygen atoms in total. The second-order valence-corrected chi connectivity index (χ2v) is 6.50. The lowest BCUT2D eigenvalue weighted by Crippen LogP contribution is -2.48. The Morgan fingerprint density at radius 1 is 1.10 bits per heavy atom. The highest BCUT2D eigenvalue weighted by atomic mass is 15.2. The standard InChI is InChI=1S/C18H29N3/c1-2-20-11-8-16(9-12-20)15-21-13-10-19-14-18(21)17-6-4-3-5-7-17/h3-7,16,18-19H,2,8-15H2,1H3. The Morgan fingerprint density at radius 3 is 2.57 bits per heavy atom. The Hall–Kier alpha value is -0.900. The van der Waals surface area contributed by atoms with E-state index in [1.165, 1.54) is 51.1 Å². The monoisotopic (exact) mass is 287 g/mol. The van der Waals surface area contributed by atoms with Crippen LogP contribution < -0.4 is 5.32 Å². The molecule has 1 unspecified atom stereocenters. The molecule has 3 rings (SSSR count). The van der Waals surface area contributed by atoms with Crippen LogP contribution in [0.1, 0.15) is 31.4 Å². The molecule has 0 spiro atoms. The van der Waals surface area contributed by atoms with Gasteiger partial charge in [0.15, 0.2) is 0 Å². The molecular weight excluding hydrogens is 258 g/mol. The van der Waals surface area contributed by atoms with Gasteiger partial charge in [-0.05, 0) is 44.0 Å². The Bertz CT molecular complexity index is 412. The summed E-state index contributed by atoms with van der Waals surface area (Å²) in [6, 6.07) is 11.6. The third-order valence-electron chi connectivity index (χ3n) is 5.19. The van der Waals surface area contributed by atoms with Gasteiger partial charge in [-0.25, -0.2) is 0 Å². The molecule has 0 saturated carbocycles. The summed E-state index contributed by atoms with van der Waals surface area (Å²) in [4.78, 5) is 5.31. The molecule has 0 aliphatic carbocycles. The predicted molar refractivity (Wildman–Crippen MR) is 88.5 cm³/mol. The average molecular weight is 287 g/mol. The molecule has 0 aromatic heterocycles. The first-order chi connectivity index (χ1) is 10.4. The first-order valence-electron chi connectivity index (χ1n) is 8.59. The Balaban J connectivity index is 1.60. The molecule has 2 aliphatic heterocycles. The zero-order chi connectivity index (χ0) is 14.5. The average Bonchev–Trinajstić information content (AvgIpc) is 2.57. The van der Waals surface area contributed by atoms with Crippen molar-refractivity contribution in [1.82, 2.24) is 15.1 Å². The fourth-order valence-electron chi connectivity index (χ4n) is 3.79. The molecule has 1 N–H and O–H groups in total. The van der Waals surface area contributed by atoms with Crippen LogP contribution in [0.5, 0.6) is 0 Å². The lowest BCUT2D eigenvalue weighted by molar-refractivity contribution is 0.103. The highest BCUT2D eigenvalue weighted by Gasteiger charge is 2.27. The van der Waals surface area contributed by atoms with E-state index in [1.807, 2.05) is 0 Å². The molecule has 21 heavy (non-hydrogen) atoms. The fraction of sp³-hybridized carbons (Fsp3) is 0.667.